The van der Waals surface area contributed by atoms with E-state index in [4.69, 9.17) is 0 Å². The predicted molar refractivity (Wildman–Crippen MR) is 169 cm³/mol. The molecule has 12 heteroatoms. The molecule has 1 aromatic carbocycles. The van der Waals surface area contributed by atoms with Crippen LogP contribution in [0.15, 0.2) is 47.4 Å². The zero-order chi connectivity index (χ0) is 31.1. The smallest absolute Gasteiger partial charge is 0.290 e. The maximum absolute atomic E-state index is 16.0. The van der Waals surface area contributed by atoms with E-state index < -0.39 is 17.4 Å². The Bertz CT molecular complexity index is 1790. The molecule has 6 rings (SSSR count). The number of hydrogen-bond donors (Lipinski definition) is 2. The third-order valence-electron chi connectivity index (χ3n) is 8.35. The summed E-state index contributed by atoms with van der Waals surface area (Å²) in [5.41, 5.74) is 2.68. The van der Waals surface area contributed by atoms with Gasteiger partial charge < -0.3 is 15.5 Å². The second kappa shape index (κ2) is 11.9. The van der Waals surface area contributed by atoms with Gasteiger partial charge in [-0.25, -0.2) is 14.1 Å². The molecule has 3 aromatic heterocycles. The lowest BCUT2D eigenvalue weighted by atomic mass is 9.99. The number of anilines is 3. The molecule has 1 aliphatic carbocycles. The van der Waals surface area contributed by atoms with Crippen molar-refractivity contribution in [2.45, 2.75) is 38.6 Å². The number of pyridine rings is 1. The van der Waals surface area contributed by atoms with Gasteiger partial charge in [0.05, 0.1) is 16.3 Å². The first kappa shape index (κ1) is 29.6. The number of likely N-dealkylation sites (N-methyl/N-ethyl adjacent to an activating group) is 2. The Hall–Kier alpha value is -4.42. The fraction of sp³-hybridized carbons (Fsp3) is 0.344. The van der Waals surface area contributed by atoms with Gasteiger partial charge in [0.1, 0.15) is 17.5 Å². The normalized spacial score (nSPS) is 17.0. The van der Waals surface area contributed by atoms with Crippen LogP contribution in [0.3, 0.4) is 0 Å². The number of aryl methyl sites for hydroxylation is 4. The van der Waals surface area contributed by atoms with Gasteiger partial charge in [-0.05, 0) is 80.6 Å². The molecule has 1 saturated heterocycles. The van der Waals surface area contributed by atoms with Crippen LogP contribution in [0.5, 0.6) is 0 Å². The minimum atomic E-state index is -0.634. The monoisotopic (exact) mass is 615 g/mol. The molecule has 228 valence electrons. The van der Waals surface area contributed by atoms with E-state index in [1.165, 1.54) is 34.9 Å². The molecule has 44 heavy (non-hydrogen) atoms. The summed E-state index contributed by atoms with van der Waals surface area (Å²) >= 11 is 1.47. The largest absolute Gasteiger partial charge is 0.343 e. The van der Waals surface area contributed by atoms with E-state index in [1.807, 2.05) is 18.0 Å². The van der Waals surface area contributed by atoms with Crippen LogP contribution in [-0.4, -0.2) is 63.6 Å². The Morgan fingerprint density at radius 3 is 2.59 bits per heavy atom. The minimum Gasteiger partial charge on any atom is -0.343 e. The van der Waals surface area contributed by atoms with Crippen molar-refractivity contribution in [3.63, 3.8) is 0 Å². The molecule has 1 aliphatic heterocycles. The fourth-order valence-electron chi connectivity index (χ4n) is 5.75. The van der Waals surface area contributed by atoms with Crippen LogP contribution in [-0.2, 0) is 24.7 Å². The quantitative estimate of drug-likeness (QED) is 0.324. The van der Waals surface area contributed by atoms with Crippen LogP contribution in [0.4, 0.5) is 21.6 Å². The van der Waals surface area contributed by atoms with Gasteiger partial charge in [0, 0.05) is 43.8 Å². The molecule has 0 unspecified atom stereocenters. The Balaban J connectivity index is 1.26. The highest BCUT2D eigenvalue weighted by molar-refractivity contribution is 7.14. The topological polar surface area (TPSA) is 112 Å². The molecule has 4 aromatic rings. The molecule has 2 N–H and O–H groups in total. The number of carbonyl (C=O) groups is 2. The van der Waals surface area contributed by atoms with Crippen molar-refractivity contribution in [3.8, 4) is 11.3 Å². The zero-order valence-corrected chi connectivity index (χ0v) is 25.9. The number of hydrogen-bond acceptors (Lipinski definition) is 8. The van der Waals surface area contributed by atoms with Gasteiger partial charge in [0.25, 0.3) is 11.5 Å². The molecule has 2 amide bonds. The average molecular weight is 616 g/mol. The van der Waals surface area contributed by atoms with Crippen molar-refractivity contribution >= 4 is 40.3 Å². The summed E-state index contributed by atoms with van der Waals surface area (Å²) in [6.07, 6.45) is 5.78. The van der Waals surface area contributed by atoms with Gasteiger partial charge in [-0.2, -0.15) is 5.10 Å². The predicted octanol–water partition coefficient (Wildman–Crippen LogP) is 4.67. The molecule has 2 aliphatic rings. The van der Waals surface area contributed by atoms with Gasteiger partial charge in [-0.1, -0.05) is 12.1 Å². The van der Waals surface area contributed by atoms with Gasteiger partial charge in [-0.3, -0.25) is 19.3 Å². The van der Waals surface area contributed by atoms with Gasteiger partial charge in [-0.15, -0.1) is 11.3 Å². The number of rotatable bonds is 6. The maximum Gasteiger partial charge on any atom is 0.290 e. The van der Waals surface area contributed by atoms with Crippen LogP contribution < -0.4 is 16.2 Å². The molecule has 4 heterocycles. The lowest BCUT2D eigenvalue weighted by Gasteiger charge is -2.36. The standard InChI is InChI=1S/C32H34FN7O3S/c1-18-9-11-21(27(33)28(18)36-30(41)25-15-19-7-5-6-8-24(19)44-25)22-16-23(31(42)40(4)37-22)35-26-12-10-20(17-34-26)29-32(43)39(3)14-13-38(29)2/h9-12,15-17,29H,5-8,13-14H2,1-4H3,(H,34,35)(H,36,41)/t29-/m0/s1. The van der Waals surface area contributed by atoms with Gasteiger partial charge in [0.15, 0.2) is 5.82 Å². The van der Waals surface area contributed by atoms with Crippen molar-refractivity contribution in [3.05, 3.63) is 85.2 Å². The molecule has 0 spiro atoms. The Morgan fingerprint density at radius 1 is 1.05 bits per heavy atom. The summed E-state index contributed by atoms with van der Waals surface area (Å²) in [7, 11) is 5.17. The van der Waals surface area contributed by atoms with Crippen LogP contribution in [0, 0.1) is 12.7 Å². The number of amides is 2. The van der Waals surface area contributed by atoms with Crippen molar-refractivity contribution < 1.29 is 14.0 Å². The summed E-state index contributed by atoms with van der Waals surface area (Å²) in [6, 6.07) is 9.77. The third-order valence-corrected chi connectivity index (χ3v) is 9.59. The second-order valence-electron chi connectivity index (χ2n) is 11.5. The van der Waals surface area contributed by atoms with Crippen LogP contribution >= 0.6 is 11.3 Å². The molecule has 1 atom stereocenters. The number of benzene rings is 1. The van der Waals surface area contributed by atoms with Gasteiger partial charge >= 0.3 is 0 Å². The van der Waals surface area contributed by atoms with E-state index in [-0.39, 0.29) is 34.4 Å². The molecule has 10 nitrogen and oxygen atoms in total. The van der Waals surface area contributed by atoms with Crippen LogP contribution in [0.2, 0.25) is 0 Å². The van der Waals surface area contributed by atoms with Crippen molar-refractivity contribution in [1.29, 1.82) is 0 Å². The number of thiophene rings is 1. The Kier molecular flexibility index (Phi) is 8.04. The number of aromatic nitrogens is 3. The summed E-state index contributed by atoms with van der Waals surface area (Å²) in [5, 5.41) is 10.1. The first-order valence-corrected chi connectivity index (χ1v) is 15.4. The van der Waals surface area contributed by atoms with E-state index >= 15 is 4.39 Å². The fourth-order valence-corrected chi connectivity index (χ4v) is 6.90. The Morgan fingerprint density at radius 2 is 1.84 bits per heavy atom. The lowest BCUT2D eigenvalue weighted by Crippen LogP contribution is -2.49. The Labute approximate surface area is 258 Å². The second-order valence-corrected chi connectivity index (χ2v) is 12.6. The highest BCUT2D eigenvalue weighted by atomic mass is 32.1. The zero-order valence-electron chi connectivity index (χ0n) is 25.1. The average Bonchev–Trinajstić information content (AvgIpc) is 3.45. The first-order chi connectivity index (χ1) is 21.1. The highest BCUT2D eigenvalue weighted by Gasteiger charge is 2.32. The van der Waals surface area contributed by atoms with Crippen LogP contribution in [0.25, 0.3) is 11.3 Å². The number of nitrogens with zero attached hydrogens (tertiary/aromatic N) is 5. The van der Waals surface area contributed by atoms with E-state index in [9.17, 15) is 14.4 Å². The maximum atomic E-state index is 16.0. The van der Waals surface area contributed by atoms with Crippen molar-refractivity contribution in [2.24, 2.45) is 7.05 Å². The lowest BCUT2D eigenvalue weighted by molar-refractivity contribution is -0.139. The summed E-state index contributed by atoms with van der Waals surface area (Å²) in [5.74, 6) is -0.593. The van der Waals surface area contributed by atoms with Crippen molar-refractivity contribution in [1.82, 2.24) is 24.6 Å². The summed E-state index contributed by atoms with van der Waals surface area (Å²) in [6.45, 7) is 3.15. The van der Waals surface area contributed by atoms with E-state index in [2.05, 4.69) is 20.7 Å². The number of piperazine rings is 1. The number of nitrogens with one attached hydrogen (secondary N) is 2. The van der Waals surface area contributed by atoms with Crippen molar-refractivity contribution in [2.75, 3.05) is 37.8 Å². The number of halogens is 1. The highest BCUT2D eigenvalue weighted by Crippen LogP contribution is 2.33. The van der Waals surface area contributed by atoms with E-state index in [0.29, 0.717) is 22.8 Å². The van der Waals surface area contributed by atoms with E-state index in [1.54, 1.807) is 49.3 Å². The summed E-state index contributed by atoms with van der Waals surface area (Å²) in [4.78, 5) is 48.8. The SMILES string of the molecule is Cc1ccc(-c2cc(Nc3ccc([C@H]4C(=O)N(C)CCN4C)cn3)c(=O)n(C)n2)c(F)c1NC(=O)c1cc2c(s1)CCCC2. The molecular weight excluding hydrogens is 581 g/mol. The third kappa shape index (κ3) is 5.62. The number of fused-ring (bicyclic) bond motifs is 1. The minimum absolute atomic E-state index is 0.000837. The molecule has 0 bridgehead atoms. The molecular formula is C32H34FN7O3S. The van der Waals surface area contributed by atoms with E-state index in [0.717, 1.165) is 42.5 Å². The summed E-state index contributed by atoms with van der Waals surface area (Å²) < 4.78 is 17.1. The molecule has 0 radical (unpaired) electrons. The first-order valence-electron chi connectivity index (χ1n) is 14.6. The van der Waals surface area contributed by atoms with Gasteiger partial charge in [0.2, 0.25) is 5.91 Å². The van der Waals surface area contributed by atoms with Crippen LogP contribution in [0.1, 0.15) is 50.1 Å². The molecule has 0 saturated carbocycles. The molecule has 1 fully saturated rings. The number of carbonyl (C=O) groups excluding carboxylic acids is 2.